The number of furan rings is 1. The highest BCUT2D eigenvalue weighted by Gasteiger charge is 2.27. The van der Waals surface area contributed by atoms with Gasteiger partial charge in [-0.15, -0.1) is 0 Å². The van der Waals surface area contributed by atoms with Crippen LogP contribution in [0.4, 0.5) is 0 Å². The molecule has 1 aliphatic rings. The van der Waals surface area contributed by atoms with Gasteiger partial charge in [-0.3, -0.25) is 4.21 Å². The van der Waals surface area contributed by atoms with Gasteiger partial charge in [-0.25, -0.2) is 0 Å². The van der Waals surface area contributed by atoms with Gasteiger partial charge in [-0.05, 0) is 18.6 Å². The maximum Gasteiger partial charge on any atom is 0.134 e. The van der Waals surface area contributed by atoms with E-state index in [4.69, 9.17) is 4.42 Å². The Morgan fingerprint density at radius 1 is 1.39 bits per heavy atom. The van der Waals surface area contributed by atoms with Crippen molar-refractivity contribution in [2.45, 2.75) is 25.4 Å². The van der Waals surface area contributed by atoms with E-state index in [1.807, 2.05) is 24.3 Å². The number of benzene rings is 1. The Morgan fingerprint density at radius 3 is 3.00 bits per heavy atom. The summed E-state index contributed by atoms with van der Waals surface area (Å²) in [6.07, 6.45) is 1.00. The third-order valence-electron chi connectivity index (χ3n) is 3.46. The van der Waals surface area contributed by atoms with Crippen LogP contribution >= 0.6 is 0 Å². The molecule has 18 heavy (non-hydrogen) atoms. The van der Waals surface area contributed by atoms with Gasteiger partial charge < -0.3 is 9.73 Å². The molecule has 3 rings (SSSR count). The maximum absolute atomic E-state index is 11.9. The van der Waals surface area contributed by atoms with Crippen molar-refractivity contribution in [1.82, 2.24) is 5.32 Å². The Morgan fingerprint density at radius 2 is 2.22 bits per heavy atom. The van der Waals surface area contributed by atoms with E-state index in [0.29, 0.717) is 11.8 Å². The first-order valence-electron chi connectivity index (χ1n) is 6.35. The SMILES string of the molecule is CCC1CS(=O)CC(c2cc3ccccc3o2)N1. The lowest BCUT2D eigenvalue weighted by atomic mass is 10.1. The molecule has 0 amide bonds. The van der Waals surface area contributed by atoms with Crippen molar-refractivity contribution >= 4 is 21.8 Å². The molecule has 0 bridgehead atoms. The first-order chi connectivity index (χ1) is 8.76. The van der Waals surface area contributed by atoms with Crippen LogP contribution in [0.15, 0.2) is 34.7 Å². The second kappa shape index (κ2) is 4.86. The first kappa shape index (κ1) is 11.9. The quantitative estimate of drug-likeness (QED) is 0.905. The van der Waals surface area contributed by atoms with Gasteiger partial charge in [0.25, 0.3) is 0 Å². The van der Waals surface area contributed by atoms with Crippen molar-refractivity contribution in [3.63, 3.8) is 0 Å². The number of para-hydroxylation sites is 1. The topological polar surface area (TPSA) is 42.2 Å². The van der Waals surface area contributed by atoms with Gasteiger partial charge in [-0.2, -0.15) is 0 Å². The minimum atomic E-state index is -0.745. The van der Waals surface area contributed by atoms with Crippen LogP contribution in [-0.4, -0.2) is 21.8 Å². The van der Waals surface area contributed by atoms with Gasteiger partial charge in [0.15, 0.2) is 0 Å². The lowest BCUT2D eigenvalue weighted by molar-refractivity contribution is 0.398. The van der Waals surface area contributed by atoms with Crippen LogP contribution in [0.1, 0.15) is 25.1 Å². The van der Waals surface area contributed by atoms with Gasteiger partial charge in [0.2, 0.25) is 0 Å². The fourth-order valence-electron chi connectivity index (χ4n) is 2.43. The number of rotatable bonds is 2. The third-order valence-corrected chi connectivity index (χ3v) is 4.94. The Labute approximate surface area is 109 Å². The van der Waals surface area contributed by atoms with E-state index in [1.54, 1.807) is 0 Å². The molecule has 3 nitrogen and oxygen atoms in total. The molecule has 1 saturated heterocycles. The minimum absolute atomic E-state index is 0.0805. The minimum Gasteiger partial charge on any atom is -0.459 e. The van der Waals surface area contributed by atoms with Crippen LogP contribution in [0.5, 0.6) is 0 Å². The number of hydrogen-bond acceptors (Lipinski definition) is 3. The van der Waals surface area contributed by atoms with E-state index in [-0.39, 0.29) is 6.04 Å². The smallest absolute Gasteiger partial charge is 0.134 e. The van der Waals surface area contributed by atoms with Crippen molar-refractivity contribution in [3.05, 3.63) is 36.1 Å². The summed E-state index contributed by atoms with van der Waals surface area (Å²) in [5.74, 6) is 2.31. The molecular weight excluding hydrogens is 246 g/mol. The Balaban J connectivity index is 1.91. The molecule has 0 spiro atoms. The van der Waals surface area contributed by atoms with Gasteiger partial charge in [0.1, 0.15) is 11.3 Å². The Bertz CT molecular complexity index is 545. The van der Waals surface area contributed by atoms with Crippen LogP contribution in [0.2, 0.25) is 0 Å². The number of hydrogen-bond donors (Lipinski definition) is 1. The highest BCUT2D eigenvalue weighted by molar-refractivity contribution is 7.85. The van der Waals surface area contributed by atoms with Gasteiger partial charge in [-0.1, -0.05) is 25.1 Å². The molecule has 1 aromatic carbocycles. The lowest BCUT2D eigenvalue weighted by Crippen LogP contribution is -2.44. The molecule has 3 unspecified atom stereocenters. The standard InChI is InChI=1S/C14H17NO2S/c1-2-11-8-18(16)9-12(15-11)14-7-10-5-3-4-6-13(10)17-14/h3-7,11-12,15H,2,8-9H2,1H3. The molecule has 1 aromatic heterocycles. The summed E-state index contributed by atoms with van der Waals surface area (Å²) in [6.45, 7) is 2.12. The van der Waals surface area contributed by atoms with E-state index in [1.165, 1.54) is 0 Å². The highest BCUT2D eigenvalue weighted by atomic mass is 32.2. The fraction of sp³-hybridized carbons (Fsp3) is 0.429. The van der Waals surface area contributed by atoms with Crippen LogP contribution in [-0.2, 0) is 10.8 Å². The molecule has 0 saturated carbocycles. The zero-order valence-electron chi connectivity index (χ0n) is 10.4. The molecule has 1 N–H and O–H groups in total. The average Bonchev–Trinajstić information content (AvgIpc) is 2.81. The van der Waals surface area contributed by atoms with Crippen molar-refractivity contribution in [3.8, 4) is 0 Å². The zero-order valence-corrected chi connectivity index (χ0v) is 11.2. The average molecular weight is 263 g/mol. The number of nitrogens with one attached hydrogen (secondary N) is 1. The summed E-state index contributed by atoms with van der Waals surface area (Å²) in [4.78, 5) is 0. The molecule has 3 atom stereocenters. The Kier molecular flexibility index (Phi) is 3.22. The summed E-state index contributed by atoms with van der Waals surface area (Å²) in [6, 6.07) is 10.5. The van der Waals surface area contributed by atoms with Crippen molar-refractivity contribution in [2.75, 3.05) is 11.5 Å². The Hall–Kier alpha value is -1.13. The molecule has 2 heterocycles. The number of fused-ring (bicyclic) bond motifs is 1. The summed E-state index contributed by atoms with van der Waals surface area (Å²) < 4.78 is 17.7. The second-order valence-corrected chi connectivity index (χ2v) is 6.33. The van der Waals surface area contributed by atoms with Gasteiger partial charge >= 0.3 is 0 Å². The molecule has 96 valence electrons. The van der Waals surface area contributed by atoms with E-state index in [2.05, 4.69) is 18.3 Å². The van der Waals surface area contributed by atoms with Crippen molar-refractivity contribution < 1.29 is 8.63 Å². The molecular formula is C14H17NO2S. The van der Waals surface area contributed by atoms with E-state index >= 15 is 0 Å². The van der Waals surface area contributed by atoms with Gasteiger partial charge in [0, 0.05) is 33.7 Å². The fourth-order valence-corrected chi connectivity index (χ4v) is 3.98. The summed E-state index contributed by atoms with van der Waals surface area (Å²) in [5, 5.41) is 4.63. The molecule has 4 heteroatoms. The third kappa shape index (κ3) is 2.22. The predicted molar refractivity (Wildman–Crippen MR) is 74.0 cm³/mol. The summed E-state index contributed by atoms with van der Waals surface area (Å²) in [7, 11) is -0.745. The first-order valence-corrected chi connectivity index (χ1v) is 7.84. The second-order valence-electron chi connectivity index (χ2n) is 4.78. The molecule has 2 aromatic rings. The lowest BCUT2D eigenvalue weighted by Gasteiger charge is -2.28. The molecule has 0 radical (unpaired) electrons. The molecule has 1 aliphatic heterocycles. The van der Waals surface area contributed by atoms with Crippen LogP contribution < -0.4 is 5.32 Å². The predicted octanol–water partition coefficient (Wildman–Crippen LogP) is 2.60. The van der Waals surface area contributed by atoms with Crippen LogP contribution in [0.3, 0.4) is 0 Å². The summed E-state index contributed by atoms with van der Waals surface area (Å²) >= 11 is 0. The normalized spacial score (nSPS) is 28.6. The maximum atomic E-state index is 11.9. The largest absolute Gasteiger partial charge is 0.459 e. The molecule has 0 aliphatic carbocycles. The summed E-state index contributed by atoms with van der Waals surface area (Å²) in [5.41, 5.74) is 0.902. The van der Waals surface area contributed by atoms with Gasteiger partial charge in [0.05, 0.1) is 6.04 Å². The van der Waals surface area contributed by atoms with Crippen molar-refractivity contribution in [1.29, 1.82) is 0 Å². The van der Waals surface area contributed by atoms with Crippen LogP contribution in [0.25, 0.3) is 11.0 Å². The molecule has 1 fully saturated rings. The van der Waals surface area contributed by atoms with Crippen LogP contribution in [0, 0.1) is 0 Å². The highest BCUT2D eigenvalue weighted by Crippen LogP contribution is 2.26. The van der Waals surface area contributed by atoms with E-state index in [9.17, 15) is 4.21 Å². The zero-order chi connectivity index (χ0) is 12.5. The van der Waals surface area contributed by atoms with E-state index in [0.717, 1.165) is 28.9 Å². The monoisotopic (exact) mass is 263 g/mol. The van der Waals surface area contributed by atoms with E-state index < -0.39 is 10.8 Å². The van der Waals surface area contributed by atoms with Crippen molar-refractivity contribution in [2.24, 2.45) is 0 Å².